The van der Waals surface area contributed by atoms with E-state index in [1.165, 1.54) is 57.4 Å². The Bertz CT molecular complexity index is 922. The summed E-state index contributed by atoms with van der Waals surface area (Å²) in [6.45, 7) is 2.70. The number of nitrogens with one attached hydrogen (secondary N) is 2. The molecule has 0 fully saturated rings. The van der Waals surface area contributed by atoms with Crippen molar-refractivity contribution in [1.82, 2.24) is 0 Å². The first-order chi connectivity index (χ1) is 11.7. The van der Waals surface area contributed by atoms with E-state index in [4.69, 9.17) is 4.74 Å². The maximum Gasteiger partial charge on any atom is 0.261 e. The average molecular weight is 362 g/mol. The minimum atomic E-state index is -3.89. The number of Topliss-reactive ketones (excluding diaryl/α,β-unsaturated/α-hetero) is 1. The van der Waals surface area contributed by atoms with E-state index in [0.29, 0.717) is 17.0 Å². The van der Waals surface area contributed by atoms with Crippen LogP contribution in [0.5, 0.6) is 5.75 Å². The van der Waals surface area contributed by atoms with Gasteiger partial charge in [0.1, 0.15) is 5.75 Å². The Morgan fingerprint density at radius 3 is 2.36 bits per heavy atom. The molecular formula is C17H18N2O5S. The van der Waals surface area contributed by atoms with Crippen molar-refractivity contribution in [3.63, 3.8) is 0 Å². The second kappa shape index (κ2) is 7.35. The third-order valence-electron chi connectivity index (χ3n) is 3.31. The molecule has 132 valence electrons. The van der Waals surface area contributed by atoms with Crippen molar-refractivity contribution >= 4 is 33.1 Å². The summed E-state index contributed by atoms with van der Waals surface area (Å²) in [6, 6.07) is 10.2. The van der Waals surface area contributed by atoms with Crippen LogP contribution >= 0.6 is 0 Å². The first-order valence-corrected chi connectivity index (χ1v) is 8.80. The lowest BCUT2D eigenvalue weighted by atomic mass is 10.2. The summed E-state index contributed by atoms with van der Waals surface area (Å²) in [7, 11) is -2.45. The quantitative estimate of drug-likeness (QED) is 0.769. The molecule has 0 spiro atoms. The van der Waals surface area contributed by atoms with Crippen molar-refractivity contribution in [3.05, 3.63) is 48.0 Å². The van der Waals surface area contributed by atoms with Gasteiger partial charge in [-0.25, -0.2) is 8.42 Å². The number of rotatable bonds is 6. The molecule has 2 N–H and O–H groups in total. The molecule has 0 aliphatic carbocycles. The molecule has 0 bridgehead atoms. The fourth-order valence-electron chi connectivity index (χ4n) is 2.16. The van der Waals surface area contributed by atoms with Crippen LogP contribution in [0.3, 0.4) is 0 Å². The first-order valence-electron chi connectivity index (χ1n) is 7.32. The number of hydrogen-bond acceptors (Lipinski definition) is 5. The van der Waals surface area contributed by atoms with Gasteiger partial charge in [0.15, 0.2) is 5.78 Å². The molecule has 0 saturated carbocycles. The summed E-state index contributed by atoms with van der Waals surface area (Å²) in [6.07, 6.45) is 0. The van der Waals surface area contributed by atoms with E-state index in [1.54, 1.807) is 6.07 Å². The third kappa shape index (κ3) is 4.57. The van der Waals surface area contributed by atoms with Crippen molar-refractivity contribution in [2.24, 2.45) is 0 Å². The molecule has 0 atom stereocenters. The molecule has 2 rings (SSSR count). The lowest BCUT2D eigenvalue weighted by Gasteiger charge is -2.13. The molecule has 25 heavy (non-hydrogen) atoms. The summed E-state index contributed by atoms with van der Waals surface area (Å²) in [5.74, 6) is -0.140. The number of amides is 1. The number of benzene rings is 2. The molecule has 0 heterocycles. The summed E-state index contributed by atoms with van der Waals surface area (Å²) in [5.41, 5.74) is 0.891. The fraction of sp³-hybridized carbons (Fsp3) is 0.176. The van der Waals surface area contributed by atoms with Crippen LogP contribution in [0, 0.1) is 0 Å². The first kappa shape index (κ1) is 18.5. The molecule has 0 aliphatic rings. The predicted molar refractivity (Wildman–Crippen MR) is 94.6 cm³/mol. The number of hydrogen-bond donors (Lipinski definition) is 2. The van der Waals surface area contributed by atoms with Crippen molar-refractivity contribution in [2.75, 3.05) is 17.1 Å². The molecule has 2 aromatic carbocycles. The number of sulfonamides is 1. The SMILES string of the molecule is COc1ccc(NS(=O)(=O)c2cccc(C(C)=O)c2)cc1NC(C)=O. The zero-order valence-electron chi connectivity index (χ0n) is 14.0. The molecule has 0 saturated heterocycles. The Labute approximate surface area is 146 Å². The van der Waals surface area contributed by atoms with Crippen LogP contribution in [0.25, 0.3) is 0 Å². The zero-order chi connectivity index (χ0) is 18.6. The highest BCUT2D eigenvalue weighted by atomic mass is 32.2. The predicted octanol–water partition coefficient (Wildman–Crippen LogP) is 2.66. The molecule has 2 aromatic rings. The summed E-state index contributed by atoms with van der Waals surface area (Å²) in [4.78, 5) is 22.7. The van der Waals surface area contributed by atoms with Gasteiger partial charge in [-0.2, -0.15) is 0 Å². The van der Waals surface area contributed by atoms with Gasteiger partial charge < -0.3 is 10.1 Å². The van der Waals surface area contributed by atoms with E-state index in [9.17, 15) is 18.0 Å². The molecule has 0 aliphatic heterocycles. The van der Waals surface area contributed by atoms with Crippen molar-refractivity contribution < 1.29 is 22.7 Å². The maximum absolute atomic E-state index is 12.5. The Balaban J connectivity index is 2.36. The van der Waals surface area contributed by atoms with Crippen LogP contribution in [-0.4, -0.2) is 27.2 Å². The second-order valence-corrected chi connectivity index (χ2v) is 6.97. The Morgan fingerprint density at radius 2 is 1.76 bits per heavy atom. The number of carbonyl (C=O) groups is 2. The van der Waals surface area contributed by atoms with E-state index in [2.05, 4.69) is 10.0 Å². The van der Waals surface area contributed by atoms with Crippen molar-refractivity contribution in [3.8, 4) is 5.75 Å². The monoisotopic (exact) mass is 362 g/mol. The van der Waals surface area contributed by atoms with Crippen LogP contribution < -0.4 is 14.8 Å². The third-order valence-corrected chi connectivity index (χ3v) is 4.69. The second-order valence-electron chi connectivity index (χ2n) is 5.29. The van der Waals surface area contributed by atoms with Gasteiger partial charge in [-0.3, -0.25) is 14.3 Å². The van der Waals surface area contributed by atoms with Crippen LogP contribution in [-0.2, 0) is 14.8 Å². The fourth-order valence-corrected chi connectivity index (χ4v) is 3.25. The van der Waals surface area contributed by atoms with Crippen LogP contribution in [0.15, 0.2) is 47.4 Å². The number of carbonyl (C=O) groups excluding carboxylic acids is 2. The number of ether oxygens (including phenoxy) is 1. The molecule has 7 nitrogen and oxygen atoms in total. The zero-order valence-corrected chi connectivity index (χ0v) is 14.8. The van der Waals surface area contributed by atoms with Gasteiger partial charge in [0.25, 0.3) is 10.0 Å². The van der Waals surface area contributed by atoms with Gasteiger partial charge in [0.2, 0.25) is 5.91 Å². The summed E-state index contributed by atoms with van der Waals surface area (Å²) in [5, 5.41) is 2.57. The molecule has 0 radical (unpaired) electrons. The lowest BCUT2D eigenvalue weighted by Crippen LogP contribution is -2.14. The topological polar surface area (TPSA) is 102 Å². The standard InChI is InChI=1S/C17H18N2O5S/c1-11(20)13-5-4-6-15(9-13)25(22,23)19-14-7-8-17(24-3)16(10-14)18-12(2)21/h4-10,19H,1-3H3,(H,18,21). The normalized spacial score (nSPS) is 10.8. The maximum atomic E-state index is 12.5. The van der Waals surface area contributed by atoms with Gasteiger partial charge in [-0.1, -0.05) is 12.1 Å². The summed E-state index contributed by atoms with van der Waals surface area (Å²) >= 11 is 0. The highest BCUT2D eigenvalue weighted by Crippen LogP contribution is 2.29. The van der Waals surface area contributed by atoms with Crippen LogP contribution in [0.1, 0.15) is 24.2 Å². The van der Waals surface area contributed by atoms with Crippen molar-refractivity contribution in [1.29, 1.82) is 0 Å². The minimum absolute atomic E-state index is 0.0305. The highest BCUT2D eigenvalue weighted by Gasteiger charge is 2.17. The highest BCUT2D eigenvalue weighted by molar-refractivity contribution is 7.92. The molecular weight excluding hydrogens is 344 g/mol. The van der Waals surface area contributed by atoms with E-state index in [1.807, 2.05) is 0 Å². The molecule has 8 heteroatoms. The molecule has 0 aromatic heterocycles. The van der Waals surface area contributed by atoms with Gasteiger partial charge >= 0.3 is 0 Å². The van der Waals surface area contributed by atoms with Gasteiger partial charge in [-0.15, -0.1) is 0 Å². The van der Waals surface area contributed by atoms with E-state index >= 15 is 0 Å². The number of methoxy groups -OCH3 is 1. The number of ketones is 1. The Kier molecular flexibility index (Phi) is 5.43. The van der Waals surface area contributed by atoms with Gasteiger partial charge in [0.05, 0.1) is 23.4 Å². The van der Waals surface area contributed by atoms with E-state index in [0.717, 1.165) is 0 Å². The Morgan fingerprint density at radius 1 is 1.04 bits per heavy atom. The summed E-state index contributed by atoms with van der Waals surface area (Å²) < 4.78 is 32.6. The molecule has 1 amide bonds. The largest absolute Gasteiger partial charge is 0.495 e. The van der Waals surface area contributed by atoms with E-state index < -0.39 is 10.0 Å². The van der Waals surface area contributed by atoms with Crippen LogP contribution in [0.2, 0.25) is 0 Å². The molecule has 0 unspecified atom stereocenters. The van der Waals surface area contributed by atoms with E-state index in [-0.39, 0.29) is 22.3 Å². The minimum Gasteiger partial charge on any atom is -0.495 e. The average Bonchev–Trinajstić information content (AvgIpc) is 2.54. The van der Waals surface area contributed by atoms with Crippen LogP contribution in [0.4, 0.5) is 11.4 Å². The van der Waals surface area contributed by atoms with Gasteiger partial charge in [0, 0.05) is 12.5 Å². The smallest absolute Gasteiger partial charge is 0.261 e. The van der Waals surface area contributed by atoms with Crippen molar-refractivity contribution in [2.45, 2.75) is 18.7 Å². The lowest BCUT2D eigenvalue weighted by molar-refractivity contribution is -0.114. The number of anilines is 2. The van der Waals surface area contributed by atoms with Gasteiger partial charge in [-0.05, 0) is 37.3 Å². The Hall–Kier alpha value is -2.87.